The number of nitrogens with one attached hydrogen (secondary N) is 1. The topological polar surface area (TPSA) is 77.8 Å². The molecule has 0 bridgehead atoms. The second-order valence-electron chi connectivity index (χ2n) is 4.40. The van der Waals surface area contributed by atoms with Gasteiger partial charge in [0.1, 0.15) is 24.4 Å². The predicted molar refractivity (Wildman–Crippen MR) is 76.2 cm³/mol. The summed E-state index contributed by atoms with van der Waals surface area (Å²) in [6.45, 7) is 1.05. The van der Waals surface area contributed by atoms with Crippen LogP contribution in [0, 0.1) is 0 Å². The minimum absolute atomic E-state index is 0.288. The fourth-order valence-electron chi connectivity index (χ4n) is 2.06. The number of imidazole rings is 1. The molecule has 0 atom stereocenters. The molecule has 7 nitrogen and oxygen atoms in total. The molecule has 0 saturated carbocycles. The first kappa shape index (κ1) is 12.2. The molecule has 1 aromatic carbocycles. The summed E-state index contributed by atoms with van der Waals surface area (Å²) in [7, 11) is 0. The zero-order valence-electron chi connectivity index (χ0n) is 10.8. The van der Waals surface area contributed by atoms with Gasteiger partial charge in [0.2, 0.25) is 4.96 Å². The summed E-state index contributed by atoms with van der Waals surface area (Å²) < 4.78 is 12.5. The van der Waals surface area contributed by atoms with Gasteiger partial charge in [-0.25, -0.2) is 9.50 Å². The van der Waals surface area contributed by atoms with Crippen molar-refractivity contribution in [1.29, 1.82) is 0 Å². The Hall–Kier alpha value is -2.61. The maximum atomic E-state index is 12.2. The molecule has 3 aromatic rings. The minimum Gasteiger partial charge on any atom is -0.486 e. The lowest BCUT2D eigenvalue weighted by Crippen LogP contribution is -2.16. The van der Waals surface area contributed by atoms with Crippen LogP contribution in [0.2, 0.25) is 0 Å². The van der Waals surface area contributed by atoms with E-state index in [0.29, 0.717) is 41.1 Å². The highest BCUT2D eigenvalue weighted by Crippen LogP contribution is 2.32. The number of hydrogen-bond donors (Lipinski definition) is 1. The van der Waals surface area contributed by atoms with E-state index >= 15 is 0 Å². The molecule has 3 heterocycles. The average Bonchev–Trinajstić information content (AvgIpc) is 3.08. The zero-order chi connectivity index (χ0) is 14.2. The van der Waals surface area contributed by atoms with Gasteiger partial charge in [-0.2, -0.15) is 5.10 Å². The maximum absolute atomic E-state index is 12.2. The highest BCUT2D eigenvalue weighted by atomic mass is 32.1. The van der Waals surface area contributed by atoms with Gasteiger partial charge < -0.3 is 14.8 Å². The second-order valence-corrected chi connectivity index (χ2v) is 5.22. The van der Waals surface area contributed by atoms with E-state index in [-0.39, 0.29) is 5.91 Å². The molecule has 0 fully saturated rings. The Bertz CT molecular complexity index is 797. The first-order valence-corrected chi connectivity index (χ1v) is 7.17. The zero-order valence-corrected chi connectivity index (χ0v) is 11.6. The van der Waals surface area contributed by atoms with Crippen molar-refractivity contribution in [2.75, 3.05) is 18.5 Å². The first-order valence-electron chi connectivity index (χ1n) is 6.29. The average molecular weight is 302 g/mol. The van der Waals surface area contributed by atoms with Crippen molar-refractivity contribution in [2.45, 2.75) is 0 Å². The van der Waals surface area contributed by atoms with Crippen molar-refractivity contribution in [1.82, 2.24) is 14.6 Å². The molecule has 0 radical (unpaired) electrons. The number of ether oxygens (including phenoxy) is 2. The number of nitrogens with zero attached hydrogens (tertiary/aromatic N) is 3. The van der Waals surface area contributed by atoms with Gasteiger partial charge in [-0.3, -0.25) is 4.79 Å². The summed E-state index contributed by atoms with van der Waals surface area (Å²) in [6, 6.07) is 5.28. The fraction of sp³-hybridized carbons (Fsp3) is 0.154. The van der Waals surface area contributed by atoms with E-state index in [0.717, 1.165) is 0 Å². The fourth-order valence-corrected chi connectivity index (χ4v) is 2.67. The largest absolute Gasteiger partial charge is 0.486 e. The van der Waals surface area contributed by atoms with Crippen LogP contribution < -0.4 is 14.8 Å². The van der Waals surface area contributed by atoms with Crippen LogP contribution in [0.1, 0.15) is 10.5 Å². The van der Waals surface area contributed by atoms with Crippen LogP contribution in [-0.2, 0) is 0 Å². The van der Waals surface area contributed by atoms with Gasteiger partial charge in [0.15, 0.2) is 11.5 Å². The molecule has 106 valence electrons. The van der Waals surface area contributed by atoms with Crippen molar-refractivity contribution < 1.29 is 14.3 Å². The lowest BCUT2D eigenvalue weighted by molar-refractivity contribution is 0.102. The van der Waals surface area contributed by atoms with Gasteiger partial charge in [0, 0.05) is 11.8 Å². The molecule has 8 heteroatoms. The quantitative estimate of drug-likeness (QED) is 0.781. The number of aromatic nitrogens is 3. The maximum Gasteiger partial charge on any atom is 0.275 e. The molecule has 21 heavy (non-hydrogen) atoms. The van der Waals surface area contributed by atoms with Crippen molar-refractivity contribution in [3.8, 4) is 11.5 Å². The number of benzene rings is 1. The van der Waals surface area contributed by atoms with Crippen LogP contribution in [0.4, 0.5) is 5.69 Å². The van der Waals surface area contributed by atoms with Crippen LogP contribution in [0.5, 0.6) is 11.5 Å². The smallest absolute Gasteiger partial charge is 0.275 e. The molecule has 1 amide bonds. The normalized spacial score (nSPS) is 13.3. The van der Waals surface area contributed by atoms with Gasteiger partial charge in [0.05, 0.1) is 6.20 Å². The van der Waals surface area contributed by atoms with Gasteiger partial charge >= 0.3 is 0 Å². The summed E-state index contributed by atoms with van der Waals surface area (Å²) in [6.07, 6.45) is 1.60. The highest BCUT2D eigenvalue weighted by molar-refractivity contribution is 7.14. The van der Waals surface area contributed by atoms with Crippen LogP contribution in [0.25, 0.3) is 4.96 Å². The molecule has 0 saturated heterocycles. The summed E-state index contributed by atoms with van der Waals surface area (Å²) in [5.74, 6) is 1.03. The third-order valence-electron chi connectivity index (χ3n) is 3.02. The standard InChI is InChI=1S/C13H10N4O3S/c18-12(9-6-17-13(16-9)21-7-14-17)15-8-1-2-10-11(5-8)20-4-3-19-10/h1-2,5-7H,3-4H2,(H,15,18). The third-order valence-corrected chi connectivity index (χ3v) is 3.71. The van der Waals surface area contributed by atoms with E-state index < -0.39 is 0 Å². The number of anilines is 1. The molecule has 4 rings (SSSR count). The number of hydrogen-bond acceptors (Lipinski definition) is 6. The molecular weight excluding hydrogens is 292 g/mol. The molecular formula is C13H10N4O3S. The molecule has 2 aromatic heterocycles. The van der Waals surface area contributed by atoms with E-state index in [1.54, 1.807) is 34.4 Å². The molecule has 0 unspecified atom stereocenters. The first-order chi connectivity index (χ1) is 10.3. The Morgan fingerprint density at radius 3 is 3.00 bits per heavy atom. The summed E-state index contributed by atoms with van der Waals surface area (Å²) >= 11 is 1.37. The Labute approximate surface area is 123 Å². The van der Waals surface area contributed by atoms with Gasteiger partial charge in [0.25, 0.3) is 5.91 Å². The van der Waals surface area contributed by atoms with E-state index in [2.05, 4.69) is 15.4 Å². The Balaban J connectivity index is 1.57. The molecule has 1 N–H and O–H groups in total. The third kappa shape index (κ3) is 2.19. The Morgan fingerprint density at radius 1 is 1.29 bits per heavy atom. The van der Waals surface area contributed by atoms with Crippen molar-refractivity contribution in [2.24, 2.45) is 0 Å². The molecule has 1 aliphatic rings. The van der Waals surface area contributed by atoms with Crippen molar-refractivity contribution >= 4 is 27.9 Å². The van der Waals surface area contributed by atoms with Crippen LogP contribution in [0.3, 0.4) is 0 Å². The second kappa shape index (κ2) is 4.74. The van der Waals surface area contributed by atoms with E-state index in [1.807, 2.05) is 0 Å². The molecule has 0 aliphatic carbocycles. The SMILES string of the molecule is O=C(Nc1ccc2c(c1)OCCO2)c1cn2ncsc2n1. The Kier molecular flexibility index (Phi) is 2.74. The summed E-state index contributed by atoms with van der Waals surface area (Å²) in [5.41, 5.74) is 2.63. The Morgan fingerprint density at radius 2 is 2.14 bits per heavy atom. The number of carbonyl (C=O) groups is 1. The number of carbonyl (C=O) groups excluding carboxylic acids is 1. The van der Waals surface area contributed by atoms with E-state index in [1.165, 1.54) is 11.3 Å². The predicted octanol–water partition coefficient (Wildman–Crippen LogP) is 1.81. The monoisotopic (exact) mass is 302 g/mol. The summed E-state index contributed by atoms with van der Waals surface area (Å²) in [4.78, 5) is 17.1. The van der Waals surface area contributed by atoms with Gasteiger partial charge in [-0.05, 0) is 12.1 Å². The van der Waals surface area contributed by atoms with E-state index in [9.17, 15) is 4.79 Å². The minimum atomic E-state index is -0.288. The number of fused-ring (bicyclic) bond motifs is 2. The van der Waals surface area contributed by atoms with Crippen LogP contribution in [0.15, 0.2) is 29.9 Å². The van der Waals surface area contributed by atoms with Gasteiger partial charge in [-0.1, -0.05) is 11.3 Å². The van der Waals surface area contributed by atoms with Gasteiger partial charge in [-0.15, -0.1) is 0 Å². The number of amides is 1. The molecule has 1 aliphatic heterocycles. The highest BCUT2D eigenvalue weighted by Gasteiger charge is 2.15. The van der Waals surface area contributed by atoms with Crippen LogP contribution in [-0.4, -0.2) is 33.7 Å². The van der Waals surface area contributed by atoms with E-state index in [4.69, 9.17) is 9.47 Å². The lowest BCUT2D eigenvalue weighted by Gasteiger charge is -2.18. The van der Waals surface area contributed by atoms with Crippen LogP contribution >= 0.6 is 11.3 Å². The number of rotatable bonds is 2. The van der Waals surface area contributed by atoms with Crippen molar-refractivity contribution in [3.63, 3.8) is 0 Å². The lowest BCUT2D eigenvalue weighted by atomic mass is 10.2. The summed E-state index contributed by atoms with van der Waals surface area (Å²) in [5, 5.41) is 6.83. The molecule has 0 spiro atoms. The van der Waals surface area contributed by atoms with Crippen molar-refractivity contribution in [3.05, 3.63) is 35.6 Å².